The van der Waals surface area contributed by atoms with Crippen molar-refractivity contribution in [3.63, 3.8) is 0 Å². The van der Waals surface area contributed by atoms with Gasteiger partial charge in [0.2, 0.25) is 5.91 Å². The van der Waals surface area contributed by atoms with E-state index in [1.807, 2.05) is 18.2 Å². The Balaban J connectivity index is 1.99. The van der Waals surface area contributed by atoms with E-state index in [4.69, 9.17) is 4.74 Å². The van der Waals surface area contributed by atoms with E-state index in [-0.39, 0.29) is 12.1 Å². The van der Waals surface area contributed by atoms with E-state index in [0.29, 0.717) is 13.0 Å². The molecule has 1 atom stereocenters. The molecule has 0 N–H and O–H groups in total. The average Bonchev–Trinajstić information content (AvgIpc) is 2.16. The predicted octanol–water partition coefficient (Wildman–Crippen LogP) is 1.90. The van der Waals surface area contributed by atoms with Crippen LogP contribution in [0.25, 0.3) is 0 Å². The number of carbonyl (C=O) groups is 1. The van der Waals surface area contributed by atoms with Crippen molar-refractivity contribution in [2.24, 2.45) is 0 Å². The number of carbonyl (C=O) groups excluding carboxylic acids is 1. The minimum absolute atomic E-state index is 0.0238. The van der Waals surface area contributed by atoms with E-state index >= 15 is 0 Å². The summed E-state index contributed by atoms with van der Waals surface area (Å²) in [5.74, 6) is 1.08. The van der Waals surface area contributed by atoms with Gasteiger partial charge < -0.3 is 9.64 Å². The summed E-state index contributed by atoms with van der Waals surface area (Å²) in [5, 5.41) is 0. The van der Waals surface area contributed by atoms with Gasteiger partial charge in [-0.25, -0.2) is 0 Å². The van der Waals surface area contributed by atoms with Gasteiger partial charge in [-0.2, -0.15) is 0 Å². The summed E-state index contributed by atoms with van der Waals surface area (Å²) in [6.45, 7) is 0.687. The van der Waals surface area contributed by atoms with E-state index in [1.165, 1.54) is 0 Å². The molecule has 1 fully saturated rings. The highest BCUT2D eigenvalue weighted by molar-refractivity contribution is 9.10. The maximum atomic E-state index is 11.2. The predicted molar refractivity (Wildman–Crippen MR) is 53.7 cm³/mol. The maximum Gasteiger partial charge on any atom is 0.231 e. The molecule has 1 saturated heterocycles. The molecular weight excluding hydrogens is 246 g/mol. The van der Waals surface area contributed by atoms with Crippen LogP contribution in [0.5, 0.6) is 5.75 Å². The zero-order valence-electron chi connectivity index (χ0n) is 7.37. The molecule has 1 aromatic carbocycles. The summed E-state index contributed by atoms with van der Waals surface area (Å²) >= 11 is 3.39. The summed E-state index contributed by atoms with van der Waals surface area (Å²) in [7, 11) is 0. The van der Waals surface area contributed by atoms with Crippen molar-refractivity contribution in [3.8, 4) is 5.75 Å². The van der Waals surface area contributed by atoms with Gasteiger partial charge in [0.1, 0.15) is 5.75 Å². The molecule has 0 unspecified atom stereocenters. The third-order valence-corrected chi connectivity index (χ3v) is 3.14. The van der Waals surface area contributed by atoms with Crippen LogP contribution < -0.4 is 4.74 Å². The monoisotopic (exact) mass is 253 g/mol. The van der Waals surface area contributed by atoms with Crippen LogP contribution in [0.2, 0.25) is 0 Å². The van der Waals surface area contributed by atoms with Crippen molar-refractivity contribution in [2.75, 3.05) is 0 Å². The van der Waals surface area contributed by atoms with Crippen molar-refractivity contribution in [1.29, 1.82) is 0 Å². The second kappa shape index (κ2) is 2.73. The fourth-order valence-corrected chi connectivity index (χ4v) is 2.16. The maximum absolute atomic E-state index is 11.2. The molecule has 3 rings (SSSR count). The van der Waals surface area contributed by atoms with E-state index in [2.05, 4.69) is 15.9 Å². The third kappa shape index (κ3) is 1.07. The number of fused-ring (bicyclic) bond motifs is 2. The lowest BCUT2D eigenvalue weighted by molar-refractivity contribution is -0.165. The number of β-lactam (4-membered cyclic amide) rings is 1. The van der Waals surface area contributed by atoms with Gasteiger partial charge in [-0.15, -0.1) is 0 Å². The fourth-order valence-electron chi connectivity index (χ4n) is 1.82. The van der Waals surface area contributed by atoms with Crippen LogP contribution in [0.3, 0.4) is 0 Å². The molecule has 2 aliphatic rings. The molecule has 14 heavy (non-hydrogen) atoms. The van der Waals surface area contributed by atoms with Crippen LogP contribution in [-0.4, -0.2) is 17.0 Å². The van der Waals surface area contributed by atoms with Crippen LogP contribution in [0.4, 0.5) is 0 Å². The molecule has 0 spiro atoms. The minimum Gasteiger partial charge on any atom is -0.469 e. The smallest absolute Gasteiger partial charge is 0.231 e. The molecule has 1 aromatic rings. The Labute approximate surface area is 89.8 Å². The Kier molecular flexibility index (Phi) is 1.62. The summed E-state index contributed by atoms with van der Waals surface area (Å²) < 4.78 is 6.67. The second-order valence-corrected chi connectivity index (χ2v) is 4.47. The molecule has 0 radical (unpaired) electrons. The SMILES string of the molecule is O=C1C[C@H]2Oc3cc(Br)ccc3CN12. The van der Waals surface area contributed by atoms with Gasteiger partial charge in [0.15, 0.2) is 6.23 Å². The van der Waals surface area contributed by atoms with Crippen molar-refractivity contribution >= 4 is 21.8 Å². The molecule has 3 nitrogen and oxygen atoms in total. The quantitative estimate of drug-likeness (QED) is 0.662. The van der Waals surface area contributed by atoms with Crippen LogP contribution in [0, 0.1) is 0 Å². The molecule has 0 bridgehead atoms. The molecule has 0 aromatic heterocycles. The van der Waals surface area contributed by atoms with Gasteiger partial charge in [-0.05, 0) is 12.1 Å². The standard InChI is InChI=1S/C10H8BrNO2/c11-7-2-1-6-5-12-9(13)4-10(12)14-8(6)3-7/h1-3,10H,4-5H2/t10-/m1/s1. The summed E-state index contributed by atoms with van der Waals surface area (Å²) in [6, 6.07) is 5.91. The van der Waals surface area contributed by atoms with Crippen LogP contribution in [0.1, 0.15) is 12.0 Å². The Morgan fingerprint density at radius 2 is 2.36 bits per heavy atom. The molecular formula is C10H8BrNO2. The van der Waals surface area contributed by atoms with Gasteiger partial charge >= 0.3 is 0 Å². The first kappa shape index (κ1) is 8.29. The second-order valence-electron chi connectivity index (χ2n) is 3.55. The zero-order chi connectivity index (χ0) is 9.71. The highest BCUT2D eigenvalue weighted by Crippen LogP contribution is 2.35. The first-order chi connectivity index (χ1) is 6.74. The summed E-state index contributed by atoms with van der Waals surface area (Å²) in [4.78, 5) is 12.9. The van der Waals surface area contributed by atoms with Crippen LogP contribution in [0.15, 0.2) is 22.7 Å². The van der Waals surface area contributed by atoms with E-state index in [0.717, 1.165) is 15.8 Å². The summed E-state index contributed by atoms with van der Waals surface area (Å²) in [6.07, 6.45) is 0.496. The van der Waals surface area contributed by atoms with Crippen molar-refractivity contribution in [1.82, 2.24) is 4.90 Å². The Morgan fingerprint density at radius 1 is 1.50 bits per heavy atom. The van der Waals surface area contributed by atoms with Crippen molar-refractivity contribution in [2.45, 2.75) is 19.2 Å². The number of hydrogen-bond donors (Lipinski definition) is 0. The van der Waals surface area contributed by atoms with Crippen molar-refractivity contribution < 1.29 is 9.53 Å². The first-order valence-corrected chi connectivity index (χ1v) is 5.28. The Morgan fingerprint density at radius 3 is 3.14 bits per heavy atom. The lowest BCUT2D eigenvalue weighted by Gasteiger charge is -2.43. The number of halogens is 1. The van der Waals surface area contributed by atoms with Crippen LogP contribution >= 0.6 is 15.9 Å². The number of rotatable bonds is 0. The number of ether oxygens (including phenoxy) is 1. The van der Waals surface area contributed by atoms with Gasteiger partial charge in [0.05, 0.1) is 13.0 Å². The van der Waals surface area contributed by atoms with Gasteiger partial charge in [0.25, 0.3) is 0 Å². The molecule has 4 heteroatoms. The zero-order valence-corrected chi connectivity index (χ0v) is 8.95. The van der Waals surface area contributed by atoms with Gasteiger partial charge in [-0.3, -0.25) is 4.79 Å². The van der Waals surface area contributed by atoms with E-state index < -0.39 is 0 Å². The highest BCUT2D eigenvalue weighted by atomic mass is 79.9. The normalized spacial score (nSPS) is 23.4. The Bertz CT molecular complexity index is 419. The van der Waals surface area contributed by atoms with E-state index in [9.17, 15) is 4.79 Å². The van der Waals surface area contributed by atoms with E-state index in [1.54, 1.807) is 4.90 Å². The lowest BCUT2D eigenvalue weighted by Crippen LogP contribution is -2.56. The Hall–Kier alpha value is -1.03. The number of amides is 1. The summed E-state index contributed by atoms with van der Waals surface area (Å²) in [5.41, 5.74) is 1.08. The lowest BCUT2D eigenvalue weighted by atomic mass is 10.1. The fraction of sp³-hybridized carbons (Fsp3) is 0.300. The molecule has 72 valence electrons. The van der Waals surface area contributed by atoms with Crippen molar-refractivity contribution in [3.05, 3.63) is 28.2 Å². The topological polar surface area (TPSA) is 29.5 Å². The molecule has 0 saturated carbocycles. The number of benzene rings is 1. The molecule has 1 amide bonds. The molecule has 0 aliphatic carbocycles. The third-order valence-electron chi connectivity index (χ3n) is 2.65. The number of nitrogens with zero attached hydrogens (tertiary/aromatic N) is 1. The van der Waals surface area contributed by atoms with Gasteiger partial charge in [0, 0.05) is 10.0 Å². The van der Waals surface area contributed by atoms with Gasteiger partial charge in [-0.1, -0.05) is 22.0 Å². The molecule has 2 aliphatic heterocycles. The van der Waals surface area contributed by atoms with Crippen LogP contribution in [-0.2, 0) is 11.3 Å². The highest BCUT2D eigenvalue weighted by Gasteiger charge is 2.41. The largest absolute Gasteiger partial charge is 0.469 e. The average molecular weight is 254 g/mol. The minimum atomic E-state index is -0.0238. The number of hydrogen-bond acceptors (Lipinski definition) is 2. The first-order valence-electron chi connectivity index (χ1n) is 4.48. The molecule has 2 heterocycles.